The van der Waals surface area contributed by atoms with Gasteiger partial charge in [0, 0.05) is 6.08 Å². The molecule has 0 radical (unpaired) electrons. The fraction of sp³-hybridized carbons (Fsp3) is 0.261. The minimum absolute atomic E-state index is 0.341. The first-order valence-corrected chi connectivity index (χ1v) is 9.21. The van der Waals surface area contributed by atoms with Gasteiger partial charge in [-0.15, -0.1) is 0 Å². The van der Waals surface area contributed by atoms with E-state index in [2.05, 4.69) is 12.6 Å². The molecule has 0 N–H and O–H groups in total. The SMILES string of the molecule is C=CC(=O)OCCCCCCOC(=O)c1ccc(-c2ccc(C#N)cc2)cc1. The number of rotatable bonds is 10. The lowest BCUT2D eigenvalue weighted by atomic mass is 10.0. The van der Waals surface area contributed by atoms with Gasteiger partial charge >= 0.3 is 11.9 Å². The van der Waals surface area contributed by atoms with Crippen LogP contribution in [-0.2, 0) is 14.3 Å². The van der Waals surface area contributed by atoms with Gasteiger partial charge in [-0.1, -0.05) is 30.8 Å². The molecule has 144 valence electrons. The van der Waals surface area contributed by atoms with Crippen molar-refractivity contribution in [2.75, 3.05) is 13.2 Å². The molecule has 28 heavy (non-hydrogen) atoms. The lowest BCUT2D eigenvalue weighted by Gasteiger charge is -2.07. The summed E-state index contributed by atoms with van der Waals surface area (Å²) in [6, 6.07) is 16.6. The van der Waals surface area contributed by atoms with Gasteiger partial charge in [-0.3, -0.25) is 0 Å². The van der Waals surface area contributed by atoms with E-state index in [9.17, 15) is 9.59 Å². The summed E-state index contributed by atoms with van der Waals surface area (Å²) >= 11 is 0. The van der Waals surface area contributed by atoms with Crippen LogP contribution in [0.3, 0.4) is 0 Å². The summed E-state index contributed by atoms with van der Waals surface area (Å²) in [4.78, 5) is 23.0. The molecule has 0 aliphatic heterocycles. The second-order valence-electron chi connectivity index (χ2n) is 6.19. The molecule has 2 aromatic carbocycles. The Bertz CT molecular complexity index is 832. The van der Waals surface area contributed by atoms with Crippen molar-refractivity contribution in [3.8, 4) is 17.2 Å². The molecule has 0 spiro atoms. The average Bonchev–Trinajstić information content (AvgIpc) is 2.75. The van der Waals surface area contributed by atoms with Gasteiger partial charge in [0.05, 0.1) is 30.4 Å². The summed E-state index contributed by atoms with van der Waals surface area (Å²) in [5.41, 5.74) is 3.08. The minimum atomic E-state index is -0.404. The van der Waals surface area contributed by atoms with E-state index in [1.807, 2.05) is 24.3 Å². The Labute approximate surface area is 165 Å². The van der Waals surface area contributed by atoms with Crippen molar-refractivity contribution in [2.24, 2.45) is 0 Å². The zero-order chi connectivity index (χ0) is 20.2. The molecule has 0 aliphatic rings. The van der Waals surface area contributed by atoms with Crippen molar-refractivity contribution in [3.63, 3.8) is 0 Å². The molecule has 0 saturated carbocycles. The number of nitrogens with zero attached hydrogens (tertiary/aromatic N) is 1. The number of unbranched alkanes of at least 4 members (excludes halogenated alkanes) is 3. The van der Waals surface area contributed by atoms with E-state index >= 15 is 0 Å². The second-order valence-corrected chi connectivity index (χ2v) is 6.19. The van der Waals surface area contributed by atoms with E-state index in [4.69, 9.17) is 14.7 Å². The quantitative estimate of drug-likeness (QED) is 0.342. The average molecular weight is 377 g/mol. The zero-order valence-corrected chi connectivity index (χ0v) is 15.7. The highest BCUT2D eigenvalue weighted by Crippen LogP contribution is 2.20. The van der Waals surface area contributed by atoms with Gasteiger partial charge in [0.15, 0.2) is 0 Å². The van der Waals surface area contributed by atoms with Gasteiger partial charge in [-0.25, -0.2) is 9.59 Å². The third kappa shape index (κ3) is 6.73. The summed E-state index contributed by atoms with van der Waals surface area (Å²) in [6.45, 7) is 4.08. The zero-order valence-electron chi connectivity index (χ0n) is 15.7. The van der Waals surface area contributed by atoms with Gasteiger partial charge in [0.2, 0.25) is 0 Å². The van der Waals surface area contributed by atoms with Crippen LogP contribution in [0, 0.1) is 11.3 Å². The number of esters is 2. The Kier molecular flexibility index (Phi) is 8.48. The standard InChI is InChI=1S/C23H23NO4/c1-2-22(25)27-15-5-3-4-6-16-28-23(26)21-13-11-20(12-14-21)19-9-7-18(17-24)8-10-19/h2,7-14H,1,3-6,15-16H2. The first-order chi connectivity index (χ1) is 13.6. The van der Waals surface area contributed by atoms with Crippen molar-refractivity contribution in [3.05, 3.63) is 72.3 Å². The number of nitriles is 1. The highest BCUT2D eigenvalue weighted by atomic mass is 16.5. The number of carbonyl (C=O) groups is 2. The molecule has 0 bridgehead atoms. The molecule has 2 rings (SSSR count). The molecule has 2 aromatic rings. The van der Waals surface area contributed by atoms with Crippen LogP contribution in [0.5, 0.6) is 0 Å². The van der Waals surface area contributed by atoms with Crippen LogP contribution in [-0.4, -0.2) is 25.2 Å². The van der Waals surface area contributed by atoms with Crippen molar-refractivity contribution in [1.29, 1.82) is 5.26 Å². The largest absolute Gasteiger partial charge is 0.463 e. The fourth-order valence-corrected chi connectivity index (χ4v) is 2.57. The number of hydrogen-bond acceptors (Lipinski definition) is 5. The van der Waals surface area contributed by atoms with E-state index in [0.717, 1.165) is 42.9 Å². The molecule has 5 nitrogen and oxygen atoms in total. The number of ether oxygens (including phenoxy) is 2. The third-order valence-corrected chi connectivity index (χ3v) is 4.15. The Morgan fingerprint density at radius 2 is 1.39 bits per heavy atom. The molecule has 0 saturated heterocycles. The monoisotopic (exact) mass is 377 g/mol. The lowest BCUT2D eigenvalue weighted by molar-refractivity contribution is -0.137. The van der Waals surface area contributed by atoms with Gasteiger partial charge in [-0.05, 0) is 61.1 Å². The van der Waals surface area contributed by atoms with Gasteiger partial charge < -0.3 is 9.47 Å². The first kappa shape index (κ1) is 20.9. The summed E-state index contributed by atoms with van der Waals surface area (Å²) in [5.74, 6) is -0.745. The smallest absolute Gasteiger partial charge is 0.338 e. The predicted octanol–water partition coefficient (Wildman–Crippen LogP) is 4.67. The number of carbonyl (C=O) groups excluding carboxylic acids is 2. The molecular weight excluding hydrogens is 354 g/mol. The van der Waals surface area contributed by atoms with Crippen LogP contribution < -0.4 is 0 Å². The molecule has 0 aliphatic carbocycles. The van der Waals surface area contributed by atoms with Gasteiger partial charge in [0.1, 0.15) is 0 Å². The number of hydrogen-bond donors (Lipinski definition) is 0. The molecule has 0 heterocycles. The van der Waals surface area contributed by atoms with Gasteiger partial charge in [-0.2, -0.15) is 5.26 Å². The minimum Gasteiger partial charge on any atom is -0.463 e. The van der Waals surface area contributed by atoms with Crippen LogP contribution >= 0.6 is 0 Å². The topological polar surface area (TPSA) is 76.4 Å². The summed E-state index contributed by atoms with van der Waals surface area (Å²) < 4.78 is 10.2. The van der Waals surface area contributed by atoms with Crippen molar-refractivity contribution in [2.45, 2.75) is 25.7 Å². The Hall–Kier alpha value is -3.39. The summed E-state index contributed by atoms with van der Waals surface area (Å²) in [6.07, 6.45) is 4.50. The second kappa shape index (κ2) is 11.3. The van der Waals surface area contributed by atoms with Crippen molar-refractivity contribution >= 4 is 11.9 Å². The summed E-state index contributed by atoms with van der Waals surface area (Å²) in [7, 11) is 0. The molecule has 0 fully saturated rings. The van der Waals surface area contributed by atoms with E-state index in [1.165, 1.54) is 0 Å². The van der Waals surface area contributed by atoms with Crippen LogP contribution in [0.2, 0.25) is 0 Å². The molecule has 0 amide bonds. The van der Waals surface area contributed by atoms with E-state index in [-0.39, 0.29) is 5.97 Å². The van der Waals surface area contributed by atoms with Crippen LogP contribution in [0.25, 0.3) is 11.1 Å². The normalized spacial score (nSPS) is 9.96. The van der Waals surface area contributed by atoms with Crippen LogP contribution in [0.4, 0.5) is 0 Å². The van der Waals surface area contributed by atoms with Crippen LogP contribution in [0.1, 0.15) is 41.6 Å². The molecule has 0 aromatic heterocycles. The highest BCUT2D eigenvalue weighted by molar-refractivity contribution is 5.90. The Morgan fingerprint density at radius 3 is 1.93 bits per heavy atom. The van der Waals surface area contributed by atoms with E-state index in [0.29, 0.717) is 24.3 Å². The first-order valence-electron chi connectivity index (χ1n) is 9.21. The maximum atomic E-state index is 12.1. The van der Waals surface area contributed by atoms with Crippen molar-refractivity contribution < 1.29 is 19.1 Å². The van der Waals surface area contributed by atoms with Gasteiger partial charge in [0.25, 0.3) is 0 Å². The molecular formula is C23H23NO4. The third-order valence-electron chi connectivity index (χ3n) is 4.15. The molecule has 0 unspecified atom stereocenters. The van der Waals surface area contributed by atoms with E-state index in [1.54, 1.807) is 24.3 Å². The van der Waals surface area contributed by atoms with Crippen LogP contribution in [0.15, 0.2) is 61.2 Å². The predicted molar refractivity (Wildman–Crippen MR) is 106 cm³/mol. The fourth-order valence-electron chi connectivity index (χ4n) is 2.57. The number of benzene rings is 2. The Balaban J connectivity index is 1.69. The van der Waals surface area contributed by atoms with E-state index < -0.39 is 5.97 Å². The lowest BCUT2D eigenvalue weighted by Crippen LogP contribution is -2.06. The maximum Gasteiger partial charge on any atom is 0.338 e. The van der Waals surface area contributed by atoms with Crippen molar-refractivity contribution in [1.82, 2.24) is 0 Å². The molecule has 5 heteroatoms. The molecule has 0 atom stereocenters. The maximum absolute atomic E-state index is 12.1. The Morgan fingerprint density at radius 1 is 0.857 bits per heavy atom. The highest BCUT2D eigenvalue weighted by Gasteiger charge is 2.07. The summed E-state index contributed by atoms with van der Waals surface area (Å²) in [5, 5.41) is 8.85.